The van der Waals surface area contributed by atoms with Gasteiger partial charge in [0.15, 0.2) is 5.16 Å². The number of rotatable bonds is 7. The van der Waals surface area contributed by atoms with E-state index in [0.29, 0.717) is 23.1 Å². The van der Waals surface area contributed by atoms with E-state index in [0.717, 1.165) is 24.4 Å². The number of thioether (sulfide) groups is 1. The fraction of sp³-hybridized carbons (Fsp3) is 0.318. The summed E-state index contributed by atoms with van der Waals surface area (Å²) in [5, 5.41) is 12.1. The van der Waals surface area contributed by atoms with Crippen LogP contribution in [0.25, 0.3) is 0 Å². The first-order chi connectivity index (χ1) is 15.4. The summed E-state index contributed by atoms with van der Waals surface area (Å²) in [7, 11) is -1.68. The fourth-order valence-electron chi connectivity index (χ4n) is 3.77. The quantitative estimate of drug-likeness (QED) is 0.532. The number of sulfonamides is 1. The molecule has 0 aliphatic carbocycles. The molecular weight excluding hydrogens is 446 g/mol. The number of piperidine rings is 1. The van der Waals surface area contributed by atoms with E-state index in [-0.39, 0.29) is 17.6 Å². The summed E-state index contributed by atoms with van der Waals surface area (Å²) in [5.74, 6) is 0.778. The van der Waals surface area contributed by atoms with Gasteiger partial charge in [-0.3, -0.25) is 4.79 Å². The van der Waals surface area contributed by atoms with Crippen LogP contribution in [0.3, 0.4) is 0 Å². The van der Waals surface area contributed by atoms with Gasteiger partial charge in [-0.2, -0.15) is 4.31 Å². The van der Waals surface area contributed by atoms with E-state index in [1.54, 1.807) is 30.3 Å². The van der Waals surface area contributed by atoms with Crippen LogP contribution in [-0.4, -0.2) is 52.2 Å². The Balaban J connectivity index is 1.41. The van der Waals surface area contributed by atoms with E-state index in [9.17, 15) is 13.2 Å². The van der Waals surface area contributed by atoms with E-state index < -0.39 is 10.0 Å². The summed E-state index contributed by atoms with van der Waals surface area (Å²) in [5.41, 5.74) is 0.749. The summed E-state index contributed by atoms with van der Waals surface area (Å²) in [6.07, 6.45) is 1.59. The molecule has 3 aromatic rings. The maximum absolute atomic E-state index is 13.0. The van der Waals surface area contributed by atoms with Crippen LogP contribution in [0.5, 0.6) is 0 Å². The van der Waals surface area contributed by atoms with Crippen molar-refractivity contribution in [3.63, 3.8) is 0 Å². The van der Waals surface area contributed by atoms with Crippen LogP contribution in [0.15, 0.2) is 70.7 Å². The molecule has 10 heteroatoms. The zero-order valence-electron chi connectivity index (χ0n) is 17.7. The number of para-hydroxylation sites is 1. The summed E-state index contributed by atoms with van der Waals surface area (Å²) in [6.45, 7) is 0.856. The lowest BCUT2D eigenvalue weighted by atomic mass is 9.99. The van der Waals surface area contributed by atoms with Gasteiger partial charge in [-0.25, -0.2) is 8.42 Å². The molecule has 168 valence electrons. The summed E-state index contributed by atoms with van der Waals surface area (Å²) in [6, 6.07) is 17.8. The predicted molar refractivity (Wildman–Crippen MR) is 124 cm³/mol. The zero-order chi connectivity index (χ0) is 22.6. The molecule has 1 N–H and O–H groups in total. The van der Waals surface area contributed by atoms with Crippen molar-refractivity contribution in [3.05, 3.63) is 66.5 Å². The maximum atomic E-state index is 13.0. The van der Waals surface area contributed by atoms with Gasteiger partial charge in [-0.15, -0.1) is 10.2 Å². The Hall–Kier alpha value is -2.69. The number of nitrogens with zero attached hydrogens (tertiary/aromatic N) is 4. The van der Waals surface area contributed by atoms with Crippen molar-refractivity contribution in [1.82, 2.24) is 19.1 Å². The van der Waals surface area contributed by atoms with Gasteiger partial charge in [-0.1, -0.05) is 48.2 Å². The van der Waals surface area contributed by atoms with Crippen LogP contribution in [0.2, 0.25) is 0 Å². The molecule has 1 atom stereocenters. The average molecular weight is 472 g/mol. The number of aromatic nitrogens is 3. The summed E-state index contributed by atoms with van der Waals surface area (Å²) < 4.78 is 29.4. The van der Waals surface area contributed by atoms with E-state index in [1.165, 1.54) is 16.1 Å². The van der Waals surface area contributed by atoms with Gasteiger partial charge < -0.3 is 9.88 Å². The number of carbonyl (C=O) groups is 1. The normalized spacial score (nSPS) is 17.2. The predicted octanol–water partition coefficient (Wildman–Crippen LogP) is 3.11. The first kappa shape index (κ1) is 22.5. The largest absolute Gasteiger partial charge is 0.325 e. The molecule has 1 unspecified atom stereocenters. The van der Waals surface area contributed by atoms with Crippen molar-refractivity contribution in [2.75, 3.05) is 24.2 Å². The van der Waals surface area contributed by atoms with Gasteiger partial charge >= 0.3 is 0 Å². The Labute approximate surface area is 192 Å². The lowest BCUT2D eigenvalue weighted by Crippen LogP contribution is -2.39. The number of carbonyl (C=O) groups excluding carboxylic acids is 1. The molecule has 0 saturated carbocycles. The van der Waals surface area contributed by atoms with Crippen molar-refractivity contribution in [2.24, 2.45) is 7.05 Å². The van der Waals surface area contributed by atoms with Crippen molar-refractivity contribution in [2.45, 2.75) is 28.8 Å². The van der Waals surface area contributed by atoms with Crippen molar-refractivity contribution in [3.8, 4) is 0 Å². The van der Waals surface area contributed by atoms with Crippen molar-refractivity contribution >= 4 is 33.4 Å². The molecule has 1 aliphatic heterocycles. The monoisotopic (exact) mass is 471 g/mol. The molecule has 0 spiro atoms. The van der Waals surface area contributed by atoms with Gasteiger partial charge in [-0.05, 0) is 37.1 Å². The number of benzene rings is 2. The third-order valence-electron chi connectivity index (χ3n) is 5.39. The van der Waals surface area contributed by atoms with Crippen LogP contribution < -0.4 is 5.32 Å². The molecule has 2 aromatic carbocycles. The maximum Gasteiger partial charge on any atom is 0.243 e. The Morgan fingerprint density at radius 1 is 1.09 bits per heavy atom. The van der Waals surface area contributed by atoms with Gasteiger partial charge in [0.25, 0.3) is 0 Å². The third kappa shape index (κ3) is 5.03. The molecule has 1 saturated heterocycles. The molecular formula is C22H25N5O3S2. The molecule has 2 heterocycles. The fourth-order valence-corrected chi connectivity index (χ4v) is 6.03. The Morgan fingerprint density at radius 3 is 2.50 bits per heavy atom. The minimum absolute atomic E-state index is 0.0489. The second kappa shape index (κ2) is 9.85. The minimum atomic E-state index is -3.54. The minimum Gasteiger partial charge on any atom is -0.325 e. The summed E-state index contributed by atoms with van der Waals surface area (Å²) >= 11 is 1.31. The highest BCUT2D eigenvalue weighted by Gasteiger charge is 2.33. The molecule has 1 amide bonds. The van der Waals surface area contributed by atoms with Crippen LogP contribution in [0.4, 0.5) is 5.69 Å². The second-order valence-electron chi connectivity index (χ2n) is 7.62. The van der Waals surface area contributed by atoms with Crippen LogP contribution in [0.1, 0.15) is 24.6 Å². The smallest absolute Gasteiger partial charge is 0.243 e. The topological polar surface area (TPSA) is 97.2 Å². The van der Waals surface area contributed by atoms with Gasteiger partial charge in [0.2, 0.25) is 15.9 Å². The van der Waals surface area contributed by atoms with E-state index in [1.807, 2.05) is 41.9 Å². The van der Waals surface area contributed by atoms with E-state index >= 15 is 0 Å². The van der Waals surface area contributed by atoms with Gasteiger partial charge in [0.1, 0.15) is 5.82 Å². The summed E-state index contributed by atoms with van der Waals surface area (Å²) in [4.78, 5) is 12.5. The SMILES string of the molecule is Cn1c(SCC(=O)Nc2ccccc2)nnc1C1CCCN(S(=O)(=O)c2ccccc2)C1. The molecule has 32 heavy (non-hydrogen) atoms. The average Bonchev–Trinajstić information content (AvgIpc) is 3.19. The number of anilines is 1. The molecule has 4 rings (SSSR count). The third-order valence-corrected chi connectivity index (χ3v) is 8.29. The highest BCUT2D eigenvalue weighted by molar-refractivity contribution is 7.99. The van der Waals surface area contributed by atoms with Crippen molar-refractivity contribution < 1.29 is 13.2 Å². The number of hydrogen-bond donors (Lipinski definition) is 1. The number of hydrogen-bond acceptors (Lipinski definition) is 6. The van der Waals surface area contributed by atoms with Gasteiger partial charge in [0.05, 0.1) is 10.6 Å². The molecule has 1 aliphatic rings. The highest BCUT2D eigenvalue weighted by Crippen LogP contribution is 2.30. The standard InChI is InChI=1S/C22H25N5O3S2/c1-26-21(24-25-22(26)31-16-20(28)23-18-10-4-2-5-11-18)17-9-8-14-27(15-17)32(29,30)19-12-6-3-7-13-19/h2-7,10-13,17H,8-9,14-16H2,1H3,(H,23,28). The molecule has 1 fully saturated rings. The van der Waals surface area contributed by atoms with Crippen LogP contribution in [0, 0.1) is 0 Å². The first-order valence-electron chi connectivity index (χ1n) is 10.4. The van der Waals surface area contributed by atoms with Crippen LogP contribution in [-0.2, 0) is 21.9 Å². The molecule has 0 radical (unpaired) electrons. The lowest BCUT2D eigenvalue weighted by molar-refractivity contribution is -0.113. The number of nitrogens with one attached hydrogen (secondary N) is 1. The zero-order valence-corrected chi connectivity index (χ0v) is 19.3. The molecule has 1 aromatic heterocycles. The molecule has 8 nitrogen and oxygen atoms in total. The molecule has 0 bridgehead atoms. The van der Waals surface area contributed by atoms with Crippen LogP contribution >= 0.6 is 11.8 Å². The highest BCUT2D eigenvalue weighted by atomic mass is 32.2. The van der Waals surface area contributed by atoms with E-state index in [2.05, 4.69) is 15.5 Å². The first-order valence-corrected chi connectivity index (χ1v) is 12.8. The Kier molecular flexibility index (Phi) is 6.92. The van der Waals surface area contributed by atoms with E-state index in [4.69, 9.17) is 0 Å². The van der Waals surface area contributed by atoms with Gasteiger partial charge in [0, 0.05) is 31.7 Å². The lowest BCUT2D eigenvalue weighted by Gasteiger charge is -2.31. The number of amides is 1. The Bertz CT molecular complexity index is 1170. The Morgan fingerprint density at radius 2 is 1.78 bits per heavy atom. The second-order valence-corrected chi connectivity index (χ2v) is 10.5. The van der Waals surface area contributed by atoms with Crippen molar-refractivity contribution in [1.29, 1.82) is 0 Å².